The fraction of sp³-hybridized carbons (Fsp3) is 0.833. The molecule has 0 atom stereocenters. The molecule has 0 aliphatic heterocycles. The van der Waals surface area contributed by atoms with Gasteiger partial charge in [-0.1, -0.05) is 13.8 Å². The van der Waals surface area contributed by atoms with Crippen LogP contribution in [-0.4, -0.2) is 50.1 Å². The van der Waals surface area contributed by atoms with Gasteiger partial charge in [0, 0.05) is 32.6 Å². The van der Waals surface area contributed by atoms with Crippen molar-refractivity contribution in [1.82, 2.24) is 9.80 Å². The molecule has 0 amide bonds. The van der Waals surface area contributed by atoms with Crippen molar-refractivity contribution in [2.45, 2.75) is 20.3 Å². The first-order chi connectivity index (χ1) is 6.56. The van der Waals surface area contributed by atoms with Crippen LogP contribution in [0.4, 0.5) is 0 Å². The van der Waals surface area contributed by atoms with Crippen molar-refractivity contribution in [3.05, 3.63) is 0 Å². The zero-order valence-corrected chi connectivity index (χ0v) is 10.1. The van der Waals surface area contributed by atoms with Gasteiger partial charge in [0.15, 0.2) is 0 Å². The molecule has 0 bridgehead atoms. The number of terminal acetylenes is 1. The number of rotatable bonds is 7. The molecular formula is C12H24N2. The molecule has 0 saturated carbocycles. The summed E-state index contributed by atoms with van der Waals surface area (Å²) in [6.45, 7) is 8.90. The quantitative estimate of drug-likeness (QED) is 0.570. The van der Waals surface area contributed by atoms with Crippen LogP contribution in [0.1, 0.15) is 20.3 Å². The molecule has 0 aromatic heterocycles. The van der Waals surface area contributed by atoms with E-state index in [9.17, 15) is 0 Å². The molecule has 2 nitrogen and oxygen atoms in total. The second-order valence-corrected chi connectivity index (χ2v) is 4.45. The van der Waals surface area contributed by atoms with Gasteiger partial charge >= 0.3 is 0 Å². The van der Waals surface area contributed by atoms with Crippen LogP contribution < -0.4 is 0 Å². The van der Waals surface area contributed by atoms with Crippen molar-refractivity contribution in [1.29, 1.82) is 0 Å². The van der Waals surface area contributed by atoms with Gasteiger partial charge in [-0.15, -0.1) is 12.3 Å². The van der Waals surface area contributed by atoms with Gasteiger partial charge in [-0.05, 0) is 20.0 Å². The molecular weight excluding hydrogens is 172 g/mol. The zero-order valence-electron chi connectivity index (χ0n) is 10.1. The van der Waals surface area contributed by atoms with E-state index in [1.54, 1.807) is 0 Å². The van der Waals surface area contributed by atoms with Gasteiger partial charge in [-0.2, -0.15) is 0 Å². The molecule has 0 radical (unpaired) electrons. The molecule has 0 saturated heterocycles. The Kier molecular flexibility index (Phi) is 7.55. The summed E-state index contributed by atoms with van der Waals surface area (Å²) in [7, 11) is 4.21. The molecule has 0 N–H and O–H groups in total. The summed E-state index contributed by atoms with van der Waals surface area (Å²) >= 11 is 0. The smallest absolute Gasteiger partial charge is 0.0214 e. The predicted octanol–water partition coefficient (Wildman–Crippen LogP) is 1.53. The molecule has 0 spiro atoms. The van der Waals surface area contributed by atoms with E-state index in [2.05, 4.69) is 43.7 Å². The van der Waals surface area contributed by atoms with E-state index < -0.39 is 0 Å². The predicted molar refractivity (Wildman–Crippen MR) is 63.3 cm³/mol. The molecule has 0 unspecified atom stereocenters. The fourth-order valence-electron chi connectivity index (χ4n) is 1.37. The van der Waals surface area contributed by atoms with Gasteiger partial charge < -0.3 is 9.80 Å². The van der Waals surface area contributed by atoms with Crippen LogP contribution in [-0.2, 0) is 0 Å². The molecule has 82 valence electrons. The normalized spacial score (nSPS) is 11.3. The second kappa shape index (κ2) is 7.84. The molecule has 0 aromatic rings. The average molecular weight is 196 g/mol. The van der Waals surface area contributed by atoms with Gasteiger partial charge in [-0.25, -0.2) is 0 Å². The van der Waals surface area contributed by atoms with Crippen molar-refractivity contribution < 1.29 is 0 Å². The van der Waals surface area contributed by atoms with Crippen molar-refractivity contribution in [3.8, 4) is 12.3 Å². The van der Waals surface area contributed by atoms with E-state index >= 15 is 0 Å². The van der Waals surface area contributed by atoms with Crippen LogP contribution in [0.15, 0.2) is 0 Å². The van der Waals surface area contributed by atoms with E-state index in [0.29, 0.717) is 0 Å². The first kappa shape index (κ1) is 13.5. The lowest BCUT2D eigenvalue weighted by Crippen LogP contribution is -2.34. The lowest BCUT2D eigenvalue weighted by molar-refractivity contribution is 0.223. The van der Waals surface area contributed by atoms with Crippen LogP contribution >= 0.6 is 0 Å². The van der Waals surface area contributed by atoms with Gasteiger partial charge in [-0.3, -0.25) is 0 Å². The maximum Gasteiger partial charge on any atom is 0.0214 e. The Morgan fingerprint density at radius 1 is 1.14 bits per heavy atom. The standard InChI is InChI=1S/C12H24N2/c1-6-7-8-14(11-12(2)3)10-9-13(4)5/h1,12H,7-11H2,2-5H3. The highest BCUT2D eigenvalue weighted by molar-refractivity contribution is 4.84. The number of likely N-dealkylation sites (N-methyl/N-ethyl adjacent to an activating group) is 1. The third kappa shape index (κ3) is 8.10. The molecule has 0 heterocycles. The number of hydrogen-bond acceptors (Lipinski definition) is 2. The maximum atomic E-state index is 5.28. The second-order valence-electron chi connectivity index (χ2n) is 4.45. The minimum Gasteiger partial charge on any atom is -0.308 e. The van der Waals surface area contributed by atoms with Crippen molar-refractivity contribution in [2.24, 2.45) is 5.92 Å². The molecule has 0 aliphatic rings. The van der Waals surface area contributed by atoms with Gasteiger partial charge in [0.1, 0.15) is 0 Å². The van der Waals surface area contributed by atoms with Crippen LogP contribution in [0.2, 0.25) is 0 Å². The van der Waals surface area contributed by atoms with E-state index in [0.717, 1.165) is 38.5 Å². The van der Waals surface area contributed by atoms with Crippen LogP contribution in [0.3, 0.4) is 0 Å². The summed E-state index contributed by atoms with van der Waals surface area (Å²) in [5.74, 6) is 3.42. The Hall–Kier alpha value is -0.520. The van der Waals surface area contributed by atoms with Crippen molar-refractivity contribution >= 4 is 0 Å². The zero-order chi connectivity index (χ0) is 11.0. The molecule has 0 aromatic carbocycles. The Balaban J connectivity index is 3.79. The monoisotopic (exact) mass is 196 g/mol. The van der Waals surface area contributed by atoms with E-state index in [1.165, 1.54) is 0 Å². The third-order valence-electron chi connectivity index (χ3n) is 2.06. The van der Waals surface area contributed by atoms with Crippen LogP contribution in [0.5, 0.6) is 0 Å². The largest absolute Gasteiger partial charge is 0.308 e. The first-order valence-corrected chi connectivity index (χ1v) is 5.36. The highest BCUT2D eigenvalue weighted by Crippen LogP contribution is 1.99. The Bertz CT molecular complexity index is 168. The van der Waals surface area contributed by atoms with Crippen molar-refractivity contribution in [2.75, 3.05) is 40.3 Å². The van der Waals surface area contributed by atoms with Crippen LogP contribution in [0, 0.1) is 18.3 Å². The van der Waals surface area contributed by atoms with E-state index in [1.807, 2.05) is 0 Å². The topological polar surface area (TPSA) is 6.48 Å². The van der Waals surface area contributed by atoms with Gasteiger partial charge in [0.2, 0.25) is 0 Å². The molecule has 2 heteroatoms. The lowest BCUT2D eigenvalue weighted by Gasteiger charge is -2.24. The minimum atomic E-state index is 0.718. The highest BCUT2D eigenvalue weighted by atomic mass is 15.2. The summed E-state index contributed by atoms with van der Waals surface area (Å²) in [5.41, 5.74) is 0. The summed E-state index contributed by atoms with van der Waals surface area (Å²) in [5, 5.41) is 0. The van der Waals surface area contributed by atoms with E-state index in [4.69, 9.17) is 6.42 Å². The first-order valence-electron chi connectivity index (χ1n) is 5.36. The minimum absolute atomic E-state index is 0.718. The summed E-state index contributed by atoms with van der Waals surface area (Å²) in [6.07, 6.45) is 6.14. The summed E-state index contributed by atoms with van der Waals surface area (Å²) < 4.78 is 0. The number of nitrogens with zero attached hydrogens (tertiary/aromatic N) is 2. The van der Waals surface area contributed by atoms with Crippen LogP contribution in [0.25, 0.3) is 0 Å². The lowest BCUT2D eigenvalue weighted by atomic mass is 10.2. The van der Waals surface area contributed by atoms with Crippen molar-refractivity contribution in [3.63, 3.8) is 0 Å². The SMILES string of the molecule is C#CCCN(CCN(C)C)CC(C)C. The Morgan fingerprint density at radius 2 is 1.79 bits per heavy atom. The third-order valence-corrected chi connectivity index (χ3v) is 2.06. The Morgan fingerprint density at radius 3 is 2.21 bits per heavy atom. The fourth-order valence-corrected chi connectivity index (χ4v) is 1.37. The number of hydrogen-bond donors (Lipinski definition) is 0. The molecule has 0 fully saturated rings. The molecule has 14 heavy (non-hydrogen) atoms. The van der Waals surface area contributed by atoms with Gasteiger partial charge in [0.05, 0.1) is 0 Å². The Labute approximate surface area is 89.3 Å². The summed E-state index contributed by atoms with van der Waals surface area (Å²) in [6, 6.07) is 0. The highest BCUT2D eigenvalue weighted by Gasteiger charge is 2.06. The molecule has 0 aliphatic carbocycles. The van der Waals surface area contributed by atoms with E-state index in [-0.39, 0.29) is 0 Å². The summed E-state index contributed by atoms with van der Waals surface area (Å²) in [4.78, 5) is 4.66. The van der Waals surface area contributed by atoms with Gasteiger partial charge in [0.25, 0.3) is 0 Å². The maximum absolute atomic E-state index is 5.28. The molecule has 0 rings (SSSR count). The average Bonchev–Trinajstić information content (AvgIpc) is 2.09.